The Balaban J connectivity index is 1.48. The highest BCUT2D eigenvalue weighted by molar-refractivity contribution is 6.00. The van der Waals surface area contributed by atoms with E-state index in [4.69, 9.17) is 16.5 Å². The minimum Gasteiger partial charge on any atom is -0.477 e. The third-order valence-corrected chi connectivity index (χ3v) is 7.49. The van der Waals surface area contributed by atoms with E-state index in [9.17, 15) is 9.90 Å². The number of terminal acetylenes is 1. The summed E-state index contributed by atoms with van der Waals surface area (Å²) in [5.74, 6) is 3.40. The van der Waals surface area contributed by atoms with Crippen molar-refractivity contribution in [2.75, 3.05) is 18.0 Å². The number of hydrogen-bond acceptors (Lipinski definition) is 5. The summed E-state index contributed by atoms with van der Waals surface area (Å²) in [6.45, 7) is 1.78. The Hall–Kier alpha value is -4.18. The normalized spacial score (nSPS) is 16.6. The first kappa shape index (κ1) is 22.3. The maximum Gasteiger partial charge on any atom is 0.354 e. The standard InChI is InChI=1S/C29H27N5O2/c1-2-19-13-15-33(16-14-19)25-12-11-21(18-30-25)23-17-24(29(35)36)31-28-26(23)27(20-7-6-8-20)32-34(28)22-9-4-3-5-10-22/h1,3-5,9-12,17-20H,6-8,13-16H2,(H,35,36). The molecule has 1 N–H and O–H groups in total. The molecule has 0 unspecified atom stereocenters. The van der Waals surface area contributed by atoms with E-state index in [1.54, 1.807) is 10.7 Å². The molecule has 4 aromatic rings. The molecule has 3 aromatic heterocycles. The van der Waals surface area contributed by atoms with Crippen LogP contribution < -0.4 is 4.90 Å². The summed E-state index contributed by atoms with van der Waals surface area (Å²) in [6, 6.07) is 15.5. The minimum absolute atomic E-state index is 0.00447. The Labute approximate surface area is 209 Å². The fraction of sp³-hybridized carbons (Fsp3) is 0.310. The van der Waals surface area contributed by atoms with Crippen LogP contribution in [-0.4, -0.2) is 43.9 Å². The van der Waals surface area contributed by atoms with Gasteiger partial charge >= 0.3 is 5.97 Å². The molecule has 4 heterocycles. The predicted octanol–water partition coefficient (Wildman–Crippen LogP) is 5.30. The van der Waals surface area contributed by atoms with Gasteiger partial charge in [0.15, 0.2) is 11.3 Å². The number of carboxylic acids is 1. The third kappa shape index (κ3) is 3.89. The highest BCUT2D eigenvalue weighted by atomic mass is 16.4. The molecule has 1 saturated carbocycles. The first-order valence-corrected chi connectivity index (χ1v) is 12.5. The third-order valence-electron chi connectivity index (χ3n) is 7.49. The van der Waals surface area contributed by atoms with Crippen molar-refractivity contribution >= 4 is 22.8 Å². The Kier molecular flexibility index (Phi) is 5.65. The maximum absolute atomic E-state index is 12.1. The molecular weight excluding hydrogens is 450 g/mol. The molecule has 0 atom stereocenters. The number of carbonyl (C=O) groups is 1. The molecule has 0 spiro atoms. The number of carboxylic acid groups (broad SMARTS) is 1. The molecule has 1 aliphatic carbocycles. The van der Waals surface area contributed by atoms with Crippen LogP contribution in [0.15, 0.2) is 54.7 Å². The second kappa shape index (κ2) is 9.12. The summed E-state index contributed by atoms with van der Waals surface area (Å²) in [5, 5.41) is 15.8. The quantitative estimate of drug-likeness (QED) is 0.393. The van der Waals surface area contributed by atoms with Crippen LogP contribution in [0.25, 0.3) is 27.8 Å². The van der Waals surface area contributed by atoms with Crippen LogP contribution in [0.3, 0.4) is 0 Å². The van der Waals surface area contributed by atoms with E-state index in [2.05, 4.69) is 15.8 Å². The summed E-state index contributed by atoms with van der Waals surface area (Å²) >= 11 is 0. The number of rotatable bonds is 5. The highest BCUT2D eigenvalue weighted by Gasteiger charge is 2.29. The van der Waals surface area contributed by atoms with E-state index in [-0.39, 0.29) is 5.69 Å². The number of hydrogen-bond donors (Lipinski definition) is 1. The molecule has 7 nitrogen and oxygen atoms in total. The topological polar surface area (TPSA) is 84.1 Å². The summed E-state index contributed by atoms with van der Waals surface area (Å²) in [6.07, 6.45) is 12.7. The number of aromatic nitrogens is 4. The van der Waals surface area contributed by atoms with Gasteiger partial charge in [-0.2, -0.15) is 5.10 Å². The molecule has 1 aliphatic heterocycles. The minimum atomic E-state index is -1.06. The molecule has 1 aromatic carbocycles. The Morgan fingerprint density at radius 1 is 1.06 bits per heavy atom. The van der Waals surface area contributed by atoms with Crippen LogP contribution in [0.4, 0.5) is 5.82 Å². The first-order valence-electron chi connectivity index (χ1n) is 12.5. The number of aromatic carboxylic acids is 1. The van der Waals surface area contributed by atoms with Gasteiger partial charge in [-0.3, -0.25) is 0 Å². The van der Waals surface area contributed by atoms with Crippen LogP contribution in [-0.2, 0) is 0 Å². The molecule has 36 heavy (non-hydrogen) atoms. The molecule has 6 rings (SSSR count). The molecule has 0 radical (unpaired) electrons. The van der Waals surface area contributed by atoms with Crippen molar-refractivity contribution in [3.8, 4) is 29.2 Å². The van der Waals surface area contributed by atoms with Gasteiger partial charge in [0.25, 0.3) is 0 Å². The fourth-order valence-electron chi connectivity index (χ4n) is 5.20. The smallest absolute Gasteiger partial charge is 0.354 e. The summed E-state index contributed by atoms with van der Waals surface area (Å²) in [5.41, 5.74) is 4.08. The van der Waals surface area contributed by atoms with Crippen LogP contribution in [0.2, 0.25) is 0 Å². The molecule has 0 amide bonds. The van der Waals surface area contributed by atoms with Gasteiger partial charge in [-0.1, -0.05) is 24.6 Å². The number of nitrogens with zero attached hydrogens (tertiary/aromatic N) is 5. The van der Waals surface area contributed by atoms with Gasteiger partial charge in [0.2, 0.25) is 0 Å². The molecule has 0 bridgehead atoms. The number of pyridine rings is 2. The molecule has 1 saturated heterocycles. The Morgan fingerprint density at radius 3 is 2.44 bits per heavy atom. The average Bonchev–Trinajstić information content (AvgIpc) is 3.27. The Bertz CT molecular complexity index is 1460. The summed E-state index contributed by atoms with van der Waals surface area (Å²) in [4.78, 5) is 23.7. The number of anilines is 1. The van der Waals surface area contributed by atoms with E-state index in [0.717, 1.165) is 72.5 Å². The summed E-state index contributed by atoms with van der Waals surface area (Å²) in [7, 11) is 0. The van der Waals surface area contributed by atoms with Gasteiger partial charge in [-0.25, -0.2) is 19.4 Å². The van der Waals surface area contributed by atoms with Crippen molar-refractivity contribution < 1.29 is 9.90 Å². The zero-order valence-electron chi connectivity index (χ0n) is 20.0. The van der Waals surface area contributed by atoms with Crippen molar-refractivity contribution in [3.63, 3.8) is 0 Å². The second-order valence-electron chi connectivity index (χ2n) is 9.65. The van der Waals surface area contributed by atoms with Gasteiger partial charge in [0, 0.05) is 36.7 Å². The van der Waals surface area contributed by atoms with Gasteiger partial charge in [0.05, 0.1) is 16.8 Å². The van der Waals surface area contributed by atoms with Gasteiger partial charge < -0.3 is 10.0 Å². The SMILES string of the molecule is C#CC1CCN(c2ccc(-c3cc(C(=O)O)nc4c3c(C3CCC3)nn4-c3ccccc3)cn2)CC1. The molecule has 180 valence electrons. The maximum atomic E-state index is 12.1. The van der Waals surface area contributed by atoms with Crippen LogP contribution >= 0.6 is 0 Å². The van der Waals surface area contributed by atoms with E-state index in [0.29, 0.717) is 17.5 Å². The molecule has 2 fully saturated rings. The number of benzene rings is 1. The first-order chi connectivity index (χ1) is 17.6. The van der Waals surface area contributed by atoms with Crippen molar-refractivity contribution in [2.24, 2.45) is 5.92 Å². The fourth-order valence-corrected chi connectivity index (χ4v) is 5.20. The summed E-state index contributed by atoms with van der Waals surface area (Å²) < 4.78 is 1.79. The Morgan fingerprint density at radius 2 is 1.83 bits per heavy atom. The highest BCUT2D eigenvalue weighted by Crippen LogP contribution is 2.42. The zero-order valence-corrected chi connectivity index (χ0v) is 20.0. The monoisotopic (exact) mass is 477 g/mol. The lowest BCUT2D eigenvalue weighted by Crippen LogP contribution is -2.33. The molecule has 7 heteroatoms. The number of fused-ring (bicyclic) bond motifs is 1. The van der Waals surface area contributed by atoms with E-state index in [1.807, 2.05) is 48.7 Å². The lowest BCUT2D eigenvalue weighted by Gasteiger charge is -2.30. The number of piperidine rings is 1. The van der Waals surface area contributed by atoms with Gasteiger partial charge in [-0.15, -0.1) is 12.3 Å². The molecule has 2 aliphatic rings. The van der Waals surface area contributed by atoms with Crippen LogP contribution in [0.5, 0.6) is 0 Å². The van der Waals surface area contributed by atoms with E-state index in [1.165, 1.54) is 6.42 Å². The molecular formula is C29H27N5O2. The van der Waals surface area contributed by atoms with Crippen molar-refractivity contribution in [1.82, 2.24) is 19.7 Å². The lowest BCUT2D eigenvalue weighted by molar-refractivity contribution is 0.0691. The average molecular weight is 478 g/mol. The van der Waals surface area contributed by atoms with Gasteiger partial charge in [0.1, 0.15) is 5.82 Å². The number of para-hydroxylation sites is 1. The largest absolute Gasteiger partial charge is 0.477 e. The van der Waals surface area contributed by atoms with Gasteiger partial charge in [-0.05, 0) is 61.6 Å². The zero-order chi connectivity index (χ0) is 24.6. The van der Waals surface area contributed by atoms with Crippen LogP contribution in [0, 0.1) is 18.3 Å². The van der Waals surface area contributed by atoms with Crippen LogP contribution in [0.1, 0.15) is 54.2 Å². The van der Waals surface area contributed by atoms with E-state index >= 15 is 0 Å². The van der Waals surface area contributed by atoms with Crippen molar-refractivity contribution in [3.05, 3.63) is 66.1 Å². The van der Waals surface area contributed by atoms with E-state index < -0.39 is 5.97 Å². The lowest BCUT2D eigenvalue weighted by atomic mass is 9.81. The van der Waals surface area contributed by atoms with Crippen molar-refractivity contribution in [2.45, 2.75) is 38.0 Å². The predicted molar refractivity (Wildman–Crippen MR) is 139 cm³/mol. The van der Waals surface area contributed by atoms with Crippen molar-refractivity contribution in [1.29, 1.82) is 0 Å². The second-order valence-corrected chi connectivity index (χ2v) is 9.65.